The first-order valence-electron chi connectivity index (χ1n) is 18.2. The Morgan fingerprint density at radius 1 is 0.727 bits per heavy atom. The Morgan fingerprint density at radius 3 is 1.87 bits per heavy atom. The highest BCUT2D eigenvalue weighted by Gasteiger charge is 2.29. The molecule has 19 heteroatoms. The van der Waals surface area contributed by atoms with Crippen LogP contribution < -0.4 is 32.3 Å². The fraction of sp³-hybridized carbons (Fsp3) is 0.583. The van der Waals surface area contributed by atoms with Crippen molar-refractivity contribution in [2.45, 2.75) is 58.2 Å². The highest BCUT2D eigenvalue weighted by Crippen LogP contribution is 2.12. The van der Waals surface area contributed by atoms with Crippen molar-refractivity contribution in [2.24, 2.45) is 11.7 Å². The summed E-state index contributed by atoms with van der Waals surface area (Å²) in [7, 11) is 0. The van der Waals surface area contributed by atoms with Gasteiger partial charge in [0.2, 0.25) is 23.6 Å². The van der Waals surface area contributed by atoms with Gasteiger partial charge in [-0.25, -0.2) is 4.79 Å². The number of nitrogens with two attached hydrogens (primary N) is 1. The number of carbonyl (C=O) groups is 7. The van der Waals surface area contributed by atoms with E-state index in [1.165, 1.54) is 12.2 Å². The van der Waals surface area contributed by atoms with Crippen LogP contribution in [0.1, 0.15) is 45.1 Å². The second kappa shape index (κ2) is 26.8. The number of hydrogen-bond acceptors (Lipinski definition) is 12. The monoisotopic (exact) mass is 777 g/mol. The van der Waals surface area contributed by atoms with Crippen molar-refractivity contribution in [1.82, 2.24) is 26.2 Å². The summed E-state index contributed by atoms with van der Waals surface area (Å²) in [6, 6.07) is 3.95. The lowest BCUT2D eigenvalue weighted by molar-refractivity contribution is -0.137. The van der Waals surface area contributed by atoms with Gasteiger partial charge in [0.15, 0.2) is 0 Å². The number of aliphatic hydroxyl groups excluding tert-OH is 1. The van der Waals surface area contributed by atoms with E-state index in [1.54, 1.807) is 38.1 Å². The van der Waals surface area contributed by atoms with E-state index >= 15 is 0 Å². The summed E-state index contributed by atoms with van der Waals surface area (Å²) in [5.41, 5.74) is 6.25. The third kappa shape index (κ3) is 19.8. The standard InChI is InChI=1S/C36H55N7O12/c1-25(2)33(35(50)41-28(4-3-13-39-36(37)51)34(49)40-27-7-5-26(24-44)6-8-27)42-30(46)12-16-52-18-20-54-22-23-55-21-19-53-17-14-38-29(45)11-15-43-31(47)9-10-32(43)48/h5-10,25,28,33,44H,3-4,11-24H2,1-2H3,(H,38,45)(H,40,49)(H,41,50)(H,42,46)(H3,37,39,51). The van der Waals surface area contributed by atoms with E-state index in [9.17, 15) is 38.7 Å². The highest BCUT2D eigenvalue weighted by molar-refractivity contribution is 6.13. The second-order valence-corrected chi connectivity index (χ2v) is 12.6. The highest BCUT2D eigenvalue weighted by atomic mass is 16.6. The van der Waals surface area contributed by atoms with Crippen molar-refractivity contribution in [3.05, 3.63) is 42.0 Å². The average molecular weight is 778 g/mol. The average Bonchev–Trinajstić information content (AvgIpc) is 3.48. The number of imide groups is 1. The van der Waals surface area contributed by atoms with Crippen LogP contribution in [0.5, 0.6) is 0 Å². The molecule has 1 heterocycles. The molecule has 1 aromatic carbocycles. The van der Waals surface area contributed by atoms with Gasteiger partial charge in [0, 0.05) is 50.3 Å². The summed E-state index contributed by atoms with van der Waals surface area (Å²) in [6.07, 6.45) is 2.87. The molecule has 1 aliphatic rings. The van der Waals surface area contributed by atoms with Crippen LogP contribution in [0.4, 0.5) is 10.5 Å². The van der Waals surface area contributed by atoms with E-state index in [4.69, 9.17) is 24.7 Å². The molecule has 1 aliphatic heterocycles. The van der Waals surface area contributed by atoms with Gasteiger partial charge in [-0.05, 0) is 36.5 Å². The molecule has 0 fully saturated rings. The largest absolute Gasteiger partial charge is 0.392 e. The van der Waals surface area contributed by atoms with Crippen LogP contribution in [0.15, 0.2) is 36.4 Å². The number of amides is 8. The van der Waals surface area contributed by atoms with Gasteiger partial charge in [-0.3, -0.25) is 33.7 Å². The van der Waals surface area contributed by atoms with Crippen molar-refractivity contribution >= 4 is 47.2 Å². The summed E-state index contributed by atoms with van der Waals surface area (Å²) in [6.45, 7) is 6.05. The van der Waals surface area contributed by atoms with Gasteiger partial charge in [-0.2, -0.15) is 0 Å². The Bertz CT molecular complexity index is 1410. The van der Waals surface area contributed by atoms with Crippen molar-refractivity contribution in [2.75, 3.05) is 77.8 Å². The minimum atomic E-state index is -0.981. The van der Waals surface area contributed by atoms with Crippen LogP contribution in [-0.2, 0) is 54.3 Å². The van der Waals surface area contributed by atoms with Crippen molar-refractivity contribution in [3.8, 4) is 0 Å². The van der Waals surface area contributed by atoms with Gasteiger partial charge >= 0.3 is 6.03 Å². The normalized spacial score (nSPS) is 13.4. The van der Waals surface area contributed by atoms with Gasteiger partial charge < -0.3 is 56.4 Å². The maximum atomic E-state index is 13.3. The third-order valence-electron chi connectivity index (χ3n) is 7.89. The number of rotatable bonds is 29. The SMILES string of the molecule is CC(C)C(NC(=O)CCOCCOCCOCCOCCNC(=O)CCN1C(=O)C=CC1=O)C(=O)NC(CCCNC(N)=O)C(=O)Nc1ccc(CO)cc1. The molecule has 2 unspecified atom stereocenters. The van der Waals surface area contributed by atoms with Crippen LogP contribution in [0.3, 0.4) is 0 Å². The second-order valence-electron chi connectivity index (χ2n) is 12.6. The first-order chi connectivity index (χ1) is 26.4. The van der Waals surface area contributed by atoms with E-state index in [-0.39, 0.29) is 83.8 Å². The van der Waals surface area contributed by atoms with Gasteiger partial charge in [0.05, 0.1) is 59.5 Å². The lowest BCUT2D eigenvalue weighted by Crippen LogP contribution is -2.54. The number of primary amides is 1. The van der Waals surface area contributed by atoms with Crippen LogP contribution in [-0.4, -0.2) is 136 Å². The van der Waals surface area contributed by atoms with E-state index in [1.807, 2.05) is 0 Å². The van der Waals surface area contributed by atoms with E-state index in [0.29, 0.717) is 44.1 Å². The molecule has 0 saturated heterocycles. The molecule has 0 bridgehead atoms. The lowest BCUT2D eigenvalue weighted by atomic mass is 10.0. The molecule has 0 aliphatic carbocycles. The number of nitrogens with one attached hydrogen (secondary N) is 5. The molecule has 0 spiro atoms. The van der Waals surface area contributed by atoms with E-state index in [0.717, 1.165) is 4.90 Å². The number of hydrogen-bond donors (Lipinski definition) is 7. The maximum Gasteiger partial charge on any atom is 0.312 e. The molecule has 2 atom stereocenters. The smallest absolute Gasteiger partial charge is 0.312 e. The van der Waals surface area contributed by atoms with Crippen LogP contribution in [0.2, 0.25) is 0 Å². The zero-order valence-electron chi connectivity index (χ0n) is 31.5. The van der Waals surface area contributed by atoms with Gasteiger partial charge in [0.25, 0.3) is 11.8 Å². The number of carbonyl (C=O) groups excluding carboxylic acids is 7. The minimum absolute atomic E-state index is 0.00579. The molecule has 19 nitrogen and oxygen atoms in total. The van der Waals surface area contributed by atoms with Gasteiger partial charge in [-0.15, -0.1) is 0 Å². The predicted octanol–water partition coefficient (Wildman–Crippen LogP) is -0.921. The molecule has 0 saturated carbocycles. The third-order valence-corrected chi connectivity index (χ3v) is 7.89. The number of urea groups is 1. The fourth-order valence-electron chi connectivity index (χ4n) is 4.89. The molecule has 0 radical (unpaired) electrons. The summed E-state index contributed by atoms with van der Waals surface area (Å²) in [4.78, 5) is 86.0. The van der Waals surface area contributed by atoms with Gasteiger partial charge in [0.1, 0.15) is 12.1 Å². The van der Waals surface area contributed by atoms with E-state index in [2.05, 4.69) is 26.6 Å². The molecule has 306 valence electrons. The molecule has 55 heavy (non-hydrogen) atoms. The maximum absolute atomic E-state index is 13.3. The minimum Gasteiger partial charge on any atom is -0.392 e. The molecule has 1 aromatic rings. The number of benzene rings is 1. The summed E-state index contributed by atoms with van der Waals surface area (Å²) < 4.78 is 21.8. The Balaban J connectivity index is 1.56. The molecular formula is C36H55N7O12. The lowest BCUT2D eigenvalue weighted by Gasteiger charge is -2.25. The Kier molecular flexibility index (Phi) is 22.5. The summed E-state index contributed by atoms with van der Waals surface area (Å²) in [5.74, 6) is -2.89. The Labute approximate surface area is 320 Å². The summed E-state index contributed by atoms with van der Waals surface area (Å²) in [5, 5.41) is 22.5. The number of nitrogens with zero attached hydrogens (tertiary/aromatic N) is 1. The first kappa shape index (κ1) is 46.2. The number of anilines is 1. The molecular weight excluding hydrogens is 722 g/mol. The van der Waals surface area contributed by atoms with Crippen molar-refractivity contribution < 1.29 is 57.6 Å². The van der Waals surface area contributed by atoms with Crippen LogP contribution in [0, 0.1) is 5.92 Å². The fourth-order valence-corrected chi connectivity index (χ4v) is 4.89. The topological polar surface area (TPSA) is 266 Å². The predicted molar refractivity (Wildman–Crippen MR) is 198 cm³/mol. The summed E-state index contributed by atoms with van der Waals surface area (Å²) >= 11 is 0. The van der Waals surface area contributed by atoms with E-state index < -0.39 is 47.7 Å². The van der Waals surface area contributed by atoms with Crippen molar-refractivity contribution in [1.29, 1.82) is 0 Å². The Morgan fingerprint density at radius 2 is 1.31 bits per heavy atom. The quantitative estimate of drug-likeness (QED) is 0.0385. The van der Waals surface area contributed by atoms with Crippen LogP contribution >= 0.6 is 0 Å². The number of aliphatic hydroxyl groups is 1. The van der Waals surface area contributed by atoms with Crippen LogP contribution in [0.25, 0.3) is 0 Å². The molecule has 8 amide bonds. The molecule has 8 N–H and O–H groups in total. The molecule has 0 aromatic heterocycles. The zero-order chi connectivity index (χ0) is 40.4. The Hall–Kier alpha value is -4.95. The van der Waals surface area contributed by atoms with Crippen molar-refractivity contribution in [3.63, 3.8) is 0 Å². The number of ether oxygens (including phenoxy) is 4. The van der Waals surface area contributed by atoms with Gasteiger partial charge in [-0.1, -0.05) is 26.0 Å². The first-order valence-corrected chi connectivity index (χ1v) is 18.2. The zero-order valence-corrected chi connectivity index (χ0v) is 31.5. The molecule has 2 rings (SSSR count).